The standard InChI is InChI=1S/C18H32N2O/c1-6-7-21-18-9-13(3)17(14(4)15(18)5)8-12(2)16(10-19)11-20/h9,12,16H,6-8,10-11,19-20H2,1-5H3. The van der Waals surface area contributed by atoms with Crippen LogP contribution in [0.3, 0.4) is 0 Å². The molecule has 0 radical (unpaired) electrons. The molecular formula is C18H32N2O. The number of hydrogen-bond donors (Lipinski definition) is 2. The Morgan fingerprint density at radius 1 is 1.10 bits per heavy atom. The Labute approximate surface area is 130 Å². The summed E-state index contributed by atoms with van der Waals surface area (Å²) < 4.78 is 5.86. The monoisotopic (exact) mass is 292 g/mol. The maximum Gasteiger partial charge on any atom is 0.122 e. The first-order valence-electron chi connectivity index (χ1n) is 8.08. The minimum atomic E-state index is 0.389. The Kier molecular flexibility index (Phi) is 7.20. The van der Waals surface area contributed by atoms with Crippen molar-refractivity contribution in [1.82, 2.24) is 0 Å². The molecule has 0 bridgehead atoms. The van der Waals surface area contributed by atoms with Crippen molar-refractivity contribution in [3.63, 3.8) is 0 Å². The largest absolute Gasteiger partial charge is 0.493 e. The van der Waals surface area contributed by atoms with Crippen molar-refractivity contribution in [3.05, 3.63) is 28.3 Å². The summed E-state index contributed by atoms with van der Waals surface area (Å²) in [4.78, 5) is 0. The number of benzene rings is 1. The number of aryl methyl sites for hydroxylation is 1. The first-order chi connectivity index (χ1) is 9.96. The highest BCUT2D eigenvalue weighted by Gasteiger charge is 2.18. The molecule has 120 valence electrons. The van der Waals surface area contributed by atoms with Gasteiger partial charge in [0.2, 0.25) is 0 Å². The van der Waals surface area contributed by atoms with E-state index < -0.39 is 0 Å². The fourth-order valence-electron chi connectivity index (χ4n) is 2.82. The molecule has 0 aliphatic carbocycles. The van der Waals surface area contributed by atoms with E-state index in [1.54, 1.807) is 0 Å². The summed E-state index contributed by atoms with van der Waals surface area (Å²) in [5.74, 6) is 1.91. The summed E-state index contributed by atoms with van der Waals surface area (Å²) in [6.45, 7) is 13.0. The molecule has 0 aromatic heterocycles. The maximum absolute atomic E-state index is 5.86. The van der Waals surface area contributed by atoms with E-state index in [4.69, 9.17) is 16.2 Å². The van der Waals surface area contributed by atoms with Crippen LogP contribution in [-0.2, 0) is 6.42 Å². The normalized spacial score (nSPS) is 12.8. The second-order valence-corrected chi connectivity index (χ2v) is 6.18. The van der Waals surface area contributed by atoms with Gasteiger partial charge < -0.3 is 16.2 Å². The highest BCUT2D eigenvalue weighted by atomic mass is 16.5. The summed E-state index contributed by atoms with van der Waals surface area (Å²) >= 11 is 0. The summed E-state index contributed by atoms with van der Waals surface area (Å²) in [6.07, 6.45) is 2.07. The van der Waals surface area contributed by atoms with Crippen LogP contribution < -0.4 is 16.2 Å². The summed E-state index contributed by atoms with van der Waals surface area (Å²) in [6, 6.07) is 2.18. The van der Waals surface area contributed by atoms with Crippen molar-refractivity contribution in [1.29, 1.82) is 0 Å². The molecule has 1 rings (SSSR count). The molecule has 0 heterocycles. The smallest absolute Gasteiger partial charge is 0.122 e. The molecule has 0 aliphatic heterocycles. The molecule has 0 fully saturated rings. The molecule has 0 aliphatic rings. The third kappa shape index (κ3) is 4.45. The number of rotatable bonds is 8. The molecule has 1 atom stereocenters. The van der Waals surface area contributed by atoms with Crippen LogP contribution in [-0.4, -0.2) is 19.7 Å². The Morgan fingerprint density at radius 3 is 2.24 bits per heavy atom. The van der Waals surface area contributed by atoms with E-state index in [2.05, 4.69) is 40.7 Å². The zero-order valence-electron chi connectivity index (χ0n) is 14.3. The van der Waals surface area contributed by atoms with Crippen LogP contribution in [0.5, 0.6) is 5.75 Å². The topological polar surface area (TPSA) is 61.3 Å². The van der Waals surface area contributed by atoms with Crippen molar-refractivity contribution in [2.75, 3.05) is 19.7 Å². The van der Waals surface area contributed by atoms with Crippen LogP contribution in [0.2, 0.25) is 0 Å². The SMILES string of the molecule is CCCOc1cc(C)c(CC(C)C(CN)CN)c(C)c1C. The fraction of sp³-hybridized carbons (Fsp3) is 0.667. The molecule has 0 saturated heterocycles. The van der Waals surface area contributed by atoms with Gasteiger partial charge in [-0.1, -0.05) is 13.8 Å². The Balaban J connectivity index is 3.01. The third-order valence-electron chi connectivity index (χ3n) is 4.61. The average molecular weight is 292 g/mol. The number of ether oxygens (including phenoxy) is 1. The summed E-state index contributed by atoms with van der Waals surface area (Å²) in [7, 11) is 0. The maximum atomic E-state index is 5.86. The van der Waals surface area contributed by atoms with Gasteiger partial charge in [0.1, 0.15) is 5.75 Å². The molecule has 3 heteroatoms. The zero-order valence-corrected chi connectivity index (χ0v) is 14.3. The van der Waals surface area contributed by atoms with Gasteiger partial charge in [-0.05, 0) is 86.9 Å². The third-order valence-corrected chi connectivity index (χ3v) is 4.61. The molecule has 0 spiro atoms. The van der Waals surface area contributed by atoms with Crippen LogP contribution in [0.15, 0.2) is 6.07 Å². The van der Waals surface area contributed by atoms with E-state index in [9.17, 15) is 0 Å². The highest BCUT2D eigenvalue weighted by molar-refractivity contribution is 5.48. The second kappa shape index (κ2) is 8.40. The predicted octanol–water partition coefficient (Wildman–Crippen LogP) is 3.11. The van der Waals surface area contributed by atoms with Crippen LogP contribution in [0.4, 0.5) is 0 Å². The van der Waals surface area contributed by atoms with E-state index >= 15 is 0 Å². The van der Waals surface area contributed by atoms with E-state index in [-0.39, 0.29) is 0 Å². The first-order valence-corrected chi connectivity index (χ1v) is 8.08. The molecule has 0 amide bonds. The van der Waals surface area contributed by atoms with E-state index in [0.29, 0.717) is 24.9 Å². The molecular weight excluding hydrogens is 260 g/mol. The summed E-state index contributed by atoms with van der Waals surface area (Å²) in [5.41, 5.74) is 17.0. The Hall–Kier alpha value is -1.06. The van der Waals surface area contributed by atoms with Crippen LogP contribution in [0, 0.1) is 32.6 Å². The van der Waals surface area contributed by atoms with E-state index in [1.807, 2.05) is 0 Å². The molecule has 1 aromatic rings. The average Bonchev–Trinajstić information content (AvgIpc) is 2.47. The quantitative estimate of drug-likeness (QED) is 0.774. The lowest BCUT2D eigenvalue weighted by Gasteiger charge is -2.24. The van der Waals surface area contributed by atoms with Gasteiger partial charge in [0.15, 0.2) is 0 Å². The van der Waals surface area contributed by atoms with E-state index in [0.717, 1.165) is 25.2 Å². The van der Waals surface area contributed by atoms with Crippen molar-refractivity contribution < 1.29 is 4.74 Å². The lowest BCUT2D eigenvalue weighted by molar-refractivity contribution is 0.314. The van der Waals surface area contributed by atoms with Crippen LogP contribution >= 0.6 is 0 Å². The van der Waals surface area contributed by atoms with Gasteiger partial charge in [0.05, 0.1) is 6.61 Å². The fourth-order valence-corrected chi connectivity index (χ4v) is 2.82. The van der Waals surface area contributed by atoms with Crippen LogP contribution in [0.1, 0.15) is 42.5 Å². The minimum absolute atomic E-state index is 0.389. The van der Waals surface area contributed by atoms with Crippen molar-refractivity contribution in [3.8, 4) is 5.75 Å². The molecule has 1 unspecified atom stereocenters. The predicted molar refractivity (Wildman–Crippen MR) is 90.9 cm³/mol. The van der Waals surface area contributed by atoms with Crippen LogP contribution in [0.25, 0.3) is 0 Å². The summed E-state index contributed by atoms with van der Waals surface area (Å²) in [5, 5.41) is 0. The van der Waals surface area contributed by atoms with Crippen molar-refractivity contribution in [2.24, 2.45) is 23.3 Å². The lowest BCUT2D eigenvalue weighted by Crippen LogP contribution is -2.30. The molecule has 3 nitrogen and oxygen atoms in total. The molecule has 1 aromatic carbocycles. The van der Waals surface area contributed by atoms with Gasteiger partial charge >= 0.3 is 0 Å². The molecule has 21 heavy (non-hydrogen) atoms. The Morgan fingerprint density at radius 2 is 1.71 bits per heavy atom. The first kappa shape index (κ1) is 18.0. The Bertz CT molecular complexity index is 453. The number of hydrogen-bond acceptors (Lipinski definition) is 3. The second-order valence-electron chi connectivity index (χ2n) is 6.18. The minimum Gasteiger partial charge on any atom is -0.493 e. The van der Waals surface area contributed by atoms with Gasteiger partial charge in [-0.25, -0.2) is 0 Å². The highest BCUT2D eigenvalue weighted by Crippen LogP contribution is 2.30. The zero-order chi connectivity index (χ0) is 16.0. The van der Waals surface area contributed by atoms with Gasteiger partial charge in [0.25, 0.3) is 0 Å². The van der Waals surface area contributed by atoms with Gasteiger partial charge in [-0.3, -0.25) is 0 Å². The lowest BCUT2D eigenvalue weighted by atomic mass is 9.84. The number of nitrogens with two attached hydrogens (primary N) is 2. The van der Waals surface area contributed by atoms with Gasteiger partial charge in [-0.15, -0.1) is 0 Å². The van der Waals surface area contributed by atoms with Crippen molar-refractivity contribution in [2.45, 2.75) is 47.5 Å². The molecule has 4 N–H and O–H groups in total. The van der Waals surface area contributed by atoms with E-state index in [1.165, 1.54) is 22.3 Å². The van der Waals surface area contributed by atoms with Gasteiger partial charge in [-0.2, -0.15) is 0 Å². The van der Waals surface area contributed by atoms with Crippen molar-refractivity contribution >= 4 is 0 Å². The van der Waals surface area contributed by atoms with Gasteiger partial charge in [0, 0.05) is 0 Å². The molecule has 0 saturated carbocycles.